The molecule has 0 aliphatic heterocycles. The van der Waals surface area contributed by atoms with E-state index in [-0.39, 0.29) is 11.3 Å². The molecule has 0 amide bonds. The third kappa shape index (κ3) is 2.90. The lowest BCUT2D eigenvalue weighted by atomic mass is 9.95. The molecule has 0 radical (unpaired) electrons. The van der Waals surface area contributed by atoms with E-state index in [0.29, 0.717) is 0 Å². The zero-order valence-corrected chi connectivity index (χ0v) is 13.7. The van der Waals surface area contributed by atoms with E-state index in [1.807, 2.05) is 13.0 Å². The number of rotatable bonds is 6. The molecule has 0 saturated heterocycles. The molecule has 0 fully saturated rings. The second-order valence-corrected chi connectivity index (χ2v) is 6.36. The SMILES string of the molecule is CCC(C)(CC)n1c(SCC(=O)O)nc2c(C)ccnc21. The number of pyridine rings is 1. The summed E-state index contributed by atoms with van der Waals surface area (Å²) < 4.78 is 2.11. The molecular weight excluding hydrogens is 286 g/mol. The first-order chi connectivity index (χ1) is 9.92. The lowest BCUT2D eigenvalue weighted by Crippen LogP contribution is -2.29. The Bertz CT molecular complexity index is 662. The van der Waals surface area contributed by atoms with Crippen LogP contribution in [0, 0.1) is 6.92 Å². The fourth-order valence-electron chi connectivity index (χ4n) is 2.35. The van der Waals surface area contributed by atoms with Crippen LogP contribution in [0.3, 0.4) is 0 Å². The van der Waals surface area contributed by atoms with E-state index in [1.54, 1.807) is 6.20 Å². The molecule has 0 spiro atoms. The van der Waals surface area contributed by atoms with Gasteiger partial charge in [-0.05, 0) is 38.3 Å². The Morgan fingerprint density at radius 1 is 1.43 bits per heavy atom. The summed E-state index contributed by atoms with van der Waals surface area (Å²) in [5, 5.41) is 9.68. The number of carboxylic acids is 1. The van der Waals surface area contributed by atoms with Crippen molar-refractivity contribution in [2.75, 3.05) is 5.75 Å². The highest BCUT2D eigenvalue weighted by atomic mass is 32.2. The Hall–Kier alpha value is -1.56. The van der Waals surface area contributed by atoms with E-state index in [4.69, 9.17) is 5.11 Å². The van der Waals surface area contributed by atoms with Crippen LogP contribution < -0.4 is 0 Å². The smallest absolute Gasteiger partial charge is 0.313 e. The first kappa shape index (κ1) is 15.8. The molecule has 0 aliphatic carbocycles. The number of aromatic nitrogens is 3. The molecule has 6 heteroatoms. The maximum Gasteiger partial charge on any atom is 0.313 e. The van der Waals surface area contributed by atoms with Gasteiger partial charge in [0, 0.05) is 11.7 Å². The van der Waals surface area contributed by atoms with Crippen molar-refractivity contribution in [2.45, 2.75) is 51.2 Å². The first-order valence-electron chi connectivity index (χ1n) is 7.12. The highest BCUT2D eigenvalue weighted by Crippen LogP contribution is 2.34. The van der Waals surface area contributed by atoms with Gasteiger partial charge in [0.2, 0.25) is 0 Å². The maximum absolute atomic E-state index is 10.9. The molecular formula is C15H21N3O2S. The van der Waals surface area contributed by atoms with Gasteiger partial charge in [-0.25, -0.2) is 9.97 Å². The van der Waals surface area contributed by atoms with Crippen LogP contribution in [0.4, 0.5) is 0 Å². The zero-order chi connectivity index (χ0) is 15.6. The highest BCUT2D eigenvalue weighted by Gasteiger charge is 2.29. The number of thioether (sulfide) groups is 1. The van der Waals surface area contributed by atoms with Crippen molar-refractivity contribution in [1.82, 2.24) is 14.5 Å². The number of carboxylic acid groups (broad SMARTS) is 1. The lowest BCUT2D eigenvalue weighted by molar-refractivity contribution is -0.133. The monoisotopic (exact) mass is 307 g/mol. The molecule has 1 N–H and O–H groups in total. The molecule has 0 unspecified atom stereocenters. The Balaban J connectivity index is 2.65. The Morgan fingerprint density at radius 2 is 2.10 bits per heavy atom. The van der Waals surface area contributed by atoms with Gasteiger partial charge in [0.05, 0.1) is 5.75 Å². The van der Waals surface area contributed by atoms with Gasteiger partial charge in [-0.3, -0.25) is 9.36 Å². The molecule has 0 aliphatic rings. The van der Waals surface area contributed by atoms with E-state index >= 15 is 0 Å². The summed E-state index contributed by atoms with van der Waals surface area (Å²) >= 11 is 1.26. The van der Waals surface area contributed by atoms with Gasteiger partial charge in [0.1, 0.15) is 5.52 Å². The molecule has 0 aromatic carbocycles. The molecule has 21 heavy (non-hydrogen) atoms. The zero-order valence-electron chi connectivity index (χ0n) is 12.9. The second-order valence-electron chi connectivity index (χ2n) is 5.42. The van der Waals surface area contributed by atoms with Gasteiger partial charge >= 0.3 is 5.97 Å². The normalized spacial score (nSPS) is 12.0. The summed E-state index contributed by atoms with van der Waals surface area (Å²) in [5.41, 5.74) is 2.65. The second kappa shape index (κ2) is 6.05. The molecule has 5 nitrogen and oxygen atoms in total. The van der Waals surface area contributed by atoms with Crippen molar-refractivity contribution in [3.8, 4) is 0 Å². The van der Waals surface area contributed by atoms with E-state index in [2.05, 4.69) is 35.3 Å². The van der Waals surface area contributed by atoms with Gasteiger partial charge in [-0.15, -0.1) is 0 Å². The number of imidazole rings is 1. The van der Waals surface area contributed by atoms with Crippen LogP contribution in [0.1, 0.15) is 39.2 Å². The third-order valence-corrected chi connectivity index (χ3v) is 5.03. The fraction of sp³-hybridized carbons (Fsp3) is 0.533. The third-order valence-electron chi connectivity index (χ3n) is 4.11. The maximum atomic E-state index is 10.9. The largest absolute Gasteiger partial charge is 0.481 e. The number of hydrogen-bond donors (Lipinski definition) is 1. The van der Waals surface area contributed by atoms with Crippen molar-refractivity contribution in [2.24, 2.45) is 0 Å². The number of nitrogens with zero attached hydrogens (tertiary/aromatic N) is 3. The van der Waals surface area contributed by atoms with Crippen LogP contribution in [0.25, 0.3) is 11.2 Å². The summed E-state index contributed by atoms with van der Waals surface area (Å²) in [5.74, 6) is -0.829. The van der Waals surface area contributed by atoms with Gasteiger partial charge in [0.15, 0.2) is 10.8 Å². The van der Waals surface area contributed by atoms with Crippen LogP contribution in [0.2, 0.25) is 0 Å². The van der Waals surface area contributed by atoms with Gasteiger partial charge in [-0.1, -0.05) is 25.6 Å². The van der Waals surface area contributed by atoms with Crippen LogP contribution in [0.5, 0.6) is 0 Å². The van der Waals surface area contributed by atoms with Crippen molar-refractivity contribution < 1.29 is 9.90 Å². The Labute approximate surface area is 128 Å². The van der Waals surface area contributed by atoms with E-state index < -0.39 is 5.97 Å². The van der Waals surface area contributed by atoms with Crippen LogP contribution >= 0.6 is 11.8 Å². The molecule has 0 atom stereocenters. The average Bonchev–Trinajstić information content (AvgIpc) is 2.85. The predicted octanol–water partition coefficient (Wildman–Crippen LogP) is 3.45. The van der Waals surface area contributed by atoms with Gasteiger partial charge in [-0.2, -0.15) is 0 Å². The van der Waals surface area contributed by atoms with Crippen LogP contribution in [0.15, 0.2) is 17.4 Å². The number of hydrogen-bond acceptors (Lipinski definition) is 4. The number of carbonyl (C=O) groups is 1. The van der Waals surface area contributed by atoms with E-state index in [1.165, 1.54) is 11.8 Å². The standard InChI is InChI=1S/C15H21N3O2S/c1-5-15(4,6-2)18-13-12(10(3)7-8-16-13)17-14(18)21-9-11(19)20/h7-8H,5-6,9H2,1-4H3,(H,19,20). The highest BCUT2D eigenvalue weighted by molar-refractivity contribution is 7.99. The lowest BCUT2D eigenvalue weighted by Gasteiger charge is -2.30. The van der Waals surface area contributed by atoms with Gasteiger partial charge < -0.3 is 5.11 Å². The minimum atomic E-state index is -0.835. The van der Waals surface area contributed by atoms with Crippen molar-refractivity contribution in [3.05, 3.63) is 17.8 Å². The molecule has 2 heterocycles. The fourth-order valence-corrected chi connectivity index (χ4v) is 3.19. The minimum absolute atomic E-state index is 0.00583. The Kier molecular flexibility index (Phi) is 4.56. The summed E-state index contributed by atoms with van der Waals surface area (Å²) in [6.45, 7) is 8.44. The van der Waals surface area contributed by atoms with Crippen molar-refractivity contribution >= 4 is 28.9 Å². The summed E-state index contributed by atoms with van der Waals surface area (Å²) in [6.07, 6.45) is 3.66. The van der Waals surface area contributed by atoms with Crippen LogP contribution in [-0.4, -0.2) is 31.4 Å². The predicted molar refractivity (Wildman–Crippen MR) is 84.9 cm³/mol. The Morgan fingerprint density at radius 3 is 2.67 bits per heavy atom. The molecule has 0 saturated carbocycles. The van der Waals surface area contributed by atoms with Crippen molar-refractivity contribution in [3.63, 3.8) is 0 Å². The quantitative estimate of drug-likeness (QED) is 0.828. The minimum Gasteiger partial charge on any atom is -0.481 e. The number of fused-ring (bicyclic) bond motifs is 1. The van der Waals surface area contributed by atoms with Crippen molar-refractivity contribution in [1.29, 1.82) is 0 Å². The van der Waals surface area contributed by atoms with E-state index in [0.717, 1.165) is 34.7 Å². The molecule has 0 bridgehead atoms. The first-order valence-corrected chi connectivity index (χ1v) is 8.10. The van der Waals surface area contributed by atoms with Gasteiger partial charge in [0.25, 0.3) is 0 Å². The molecule has 2 aromatic rings. The van der Waals surface area contributed by atoms with Crippen LogP contribution in [-0.2, 0) is 10.3 Å². The summed E-state index contributed by atoms with van der Waals surface area (Å²) in [4.78, 5) is 20.0. The number of aliphatic carboxylic acids is 1. The molecule has 2 aromatic heterocycles. The summed E-state index contributed by atoms with van der Waals surface area (Å²) in [7, 11) is 0. The topological polar surface area (TPSA) is 68.0 Å². The summed E-state index contributed by atoms with van der Waals surface area (Å²) in [6, 6.07) is 1.93. The molecule has 2 rings (SSSR count). The number of aryl methyl sites for hydroxylation is 1. The van der Waals surface area contributed by atoms with E-state index in [9.17, 15) is 4.79 Å². The molecule has 114 valence electrons. The average molecular weight is 307 g/mol.